The minimum absolute atomic E-state index is 0.635. The summed E-state index contributed by atoms with van der Waals surface area (Å²) in [5, 5.41) is 0. The van der Waals surface area contributed by atoms with Crippen LogP contribution in [0.25, 0.3) is 11.1 Å². The third-order valence-corrected chi connectivity index (χ3v) is 3.11. The normalized spacial score (nSPS) is 10.2. The molecule has 3 aromatic rings. The maximum absolute atomic E-state index is 5.97. The van der Waals surface area contributed by atoms with Gasteiger partial charge in [0.2, 0.25) is 0 Å². The third-order valence-electron chi connectivity index (χ3n) is 3.11. The monoisotopic (exact) mass is 261 g/mol. The zero-order valence-corrected chi connectivity index (χ0v) is 11.0. The van der Waals surface area contributed by atoms with E-state index in [4.69, 9.17) is 10.5 Å². The molecule has 0 unspecified atom stereocenters. The van der Waals surface area contributed by atoms with E-state index in [9.17, 15) is 0 Å². The topological polar surface area (TPSA) is 35.2 Å². The molecule has 20 heavy (non-hydrogen) atoms. The summed E-state index contributed by atoms with van der Waals surface area (Å²) in [5.74, 6) is 1.48. The van der Waals surface area contributed by atoms with E-state index in [1.54, 1.807) is 0 Å². The fourth-order valence-corrected chi connectivity index (χ4v) is 2.10. The van der Waals surface area contributed by atoms with Crippen molar-refractivity contribution in [3.05, 3.63) is 78.9 Å². The Bertz CT molecular complexity index is 707. The Labute approximate surface area is 118 Å². The highest BCUT2D eigenvalue weighted by Crippen LogP contribution is 2.34. The zero-order valence-electron chi connectivity index (χ0n) is 11.0. The van der Waals surface area contributed by atoms with Gasteiger partial charge in [0.1, 0.15) is 11.5 Å². The van der Waals surface area contributed by atoms with Gasteiger partial charge in [0.15, 0.2) is 0 Å². The summed E-state index contributed by atoms with van der Waals surface area (Å²) in [6.07, 6.45) is 0. The maximum atomic E-state index is 5.97. The number of nitrogen functional groups attached to an aromatic ring is 1. The highest BCUT2D eigenvalue weighted by atomic mass is 16.5. The molecule has 3 rings (SSSR count). The van der Waals surface area contributed by atoms with Crippen molar-refractivity contribution in [2.24, 2.45) is 0 Å². The molecule has 0 aliphatic heterocycles. The molecule has 0 aliphatic carbocycles. The van der Waals surface area contributed by atoms with E-state index in [1.165, 1.54) is 0 Å². The number of rotatable bonds is 3. The highest BCUT2D eigenvalue weighted by Gasteiger charge is 2.07. The van der Waals surface area contributed by atoms with Crippen LogP contribution in [0.1, 0.15) is 0 Å². The summed E-state index contributed by atoms with van der Waals surface area (Å²) in [4.78, 5) is 0. The van der Waals surface area contributed by atoms with Gasteiger partial charge in [-0.05, 0) is 23.8 Å². The Morgan fingerprint density at radius 3 is 1.95 bits per heavy atom. The van der Waals surface area contributed by atoms with E-state index in [-0.39, 0.29) is 0 Å². The molecule has 0 bridgehead atoms. The molecule has 2 heteroatoms. The van der Waals surface area contributed by atoms with Gasteiger partial charge in [-0.2, -0.15) is 0 Å². The van der Waals surface area contributed by atoms with Crippen LogP contribution in [0.2, 0.25) is 0 Å². The second-order valence-electron chi connectivity index (χ2n) is 4.50. The molecular formula is C18H15NO. The summed E-state index contributed by atoms with van der Waals surface area (Å²) in [6, 6.07) is 25.6. The second-order valence-corrected chi connectivity index (χ2v) is 4.50. The van der Waals surface area contributed by atoms with Crippen molar-refractivity contribution in [1.29, 1.82) is 0 Å². The van der Waals surface area contributed by atoms with Gasteiger partial charge >= 0.3 is 0 Å². The lowest BCUT2D eigenvalue weighted by Crippen LogP contribution is -1.93. The Balaban J connectivity index is 2.01. The fraction of sp³-hybridized carbons (Fsp3) is 0. The predicted molar refractivity (Wildman–Crippen MR) is 82.8 cm³/mol. The van der Waals surface area contributed by atoms with Crippen molar-refractivity contribution in [2.45, 2.75) is 0 Å². The molecule has 0 spiro atoms. The highest BCUT2D eigenvalue weighted by molar-refractivity contribution is 5.71. The predicted octanol–water partition coefficient (Wildman–Crippen LogP) is 4.73. The number of anilines is 1. The molecule has 0 radical (unpaired) electrons. The molecule has 2 nitrogen and oxygen atoms in total. The van der Waals surface area contributed by atoms with Crippen LogP contribution in [0, 0.1) is 0 Å². The average molecular weight is 261 g/mol. The number of hydrogen-bond acceptors (Lipinski definition) is 2. The smallest absolute Gasteiger partial charge is 0.150 e. The van der Waals surface area contributed by atoms with Gasteiger partial charge < -0.3 is 10.5 Å². The molecule has 0 fully saturated rings. The quantitative estimate of drug-likeness (QED) is 0.692. The molecule has 0 aliphatic rings. The van der Waals surface area contributed by atoms with Crippen LogP contribution in [-0.2, 0) is 0 Å². The summed E-state index contributed by atoms with van der Waals surface area (Å²) in [5.41, 5.74) is 8.74. The molecule has 0 heterocycles. The molecule has 98 valence electrons. The second kappa shape index (κ2) is 5.49. The first kappa shape index (κ1) is 12.3. The SMILES string of the molecule is Nc1ccccc1Oc1ccccc1-c1ccccc1. The van der Waals surface area contributed by atoms with E-state index in [0.29, 0.717) is 11.4 Å². The van der Waals surface area contributed by atoms with E-state index < -0.39 is 0 Å². The lowest BCUT2D eigenvalue weighted by atomic mass is 10.0. The van der Waals surface area contributed by atoms with E-state index >= 15 is 0 Å². The molecule has 2 N–H and O–H groups in total. The van der Waals surface area contributed by atoms with Crippen LogP contribution >= 0.6 is 0 Å². The molecular weight excluding hydrogens is 246 g/mol. The molecule has 0 aromatic heterocycles. The van der Waals surface area contributed by atoms with Crippen molar-refractivity contribution in [3.8, 4) is 22.6 Å². The van der Waals surface area contributed by atoms with Crippen LogP contribution in [0.15, 0.2) is 78.9 Å². The number of hydrogen-bond donors (Lipinski definition) is 1. The van der Waals surface area contributed by atoms with Crippen LogP contribution in [0.5, 0.6) is 11.5 Å². The van der Waals surface area contributed by atoms with Gasteiger partial charge in [0.25, 0.3) is 0 Å². The van der Waals surface area contributed by atoms with Crippen LogP contribution in [-0.4, -0.2) is 0 Å². The lowest BCUT2D eigenvalue weighted by Gasteiger charge is -2.12. The van der Waals surface area contributed by atoms with Gasteiger partial charge in [-0.3, -0.25) is 0 Å². The van der Waals surface area contributed by atoms with Gasteiger partial charge in [0, 0.05) is 5.56 Å². The van der Waals surface area contributed by atoms with Crippen molar-refractivity contribution in [3.63, 3.8) is 0 Å². The van der Waals surface area contributed by atoms with Crippen LogP contribution in [0.3, 0.4) is 0 Å². The Morgan fingerprint density at radius 2 is 1.20 bits per heavy atom. The lowest BCUT2D eigenvalue weighted by molar-refractivity contribution is 0.487. The molecule has 0 amide bonds. The van der Waals surface area contributed by atoms with Crippen molar-refractivity contribution < 1.29 is 4.74 Å². The van der Waals surface area contributed by atoms with E-state index in [1.807, 2.05) is 66.7 Å². The minimum Gasteiger partial charge on any atom is -0.455 e. The average Bonchev–Trinajstić information content (AvgIpc) is 2.51. The number of para-hydroxylation sites is 3. The van der Waals surface area contributed by atoms with Gasteiger partial charge in [-0.1, -0.05) is 60.7 Å². The van der Waals surface area contributed by atoms with Crippen LogP contribution < -0.4 is 10.5 Å². The summed E-state index contributed by atoms with van der Waals surface area (Å²) in [6.45, 7) is 0. The molecule has 3 aromatic carbocycles. The van der Waals surface area contributed by atoms with Gasteiger partial charge in [-0.15, -0.1) is 0 Å². The number of ether oxygens (including phenoxy) is 1. The minimum atomic E-state index is 0.635. The summed E-state index contributed by atoms with van der Waals surface area (Å²) >= 11 is 0. The van der Waals surface area contributed by atoms with Gasteiger partial charge in [0.05, 0.1) is 5.69 Å². The molecule has 0 atom stereocenters. The van der Waals surface area contributed by atoms with Crippen LogP contribution in [0.4, 0.5) is 5.69 Å². The van der Waals surface area contributed by atoms with Gasteiger partial charge in [-0.25, -0.2) is 0 Å². The largest absolute Gasteiger partial charge is 0.455 e. The maximum Gasteiger partial charge on any atom is 0.150 e. The van der Waals surface area contributed by atoms with Crippen molar-refractivity contribution in [2.75, 3.05) is 5.73 Å². The van der Waals surface area contributed by atoms with E-state index in [0.717, 1.165) is 16.9 Å². The van der Waals surface area contributed by atoms with Crippen molar-refractivity contribution in [1.82, 2.24) is 0 Å². The Morgan fingerprint density at radius 1 is 0.600 bits per heavy atom. The first-order chi connectivity index (χ1) is 9.84. The zero-order chi connectivity index (χ0) is 13.8. The number of benzene rings is 3. The Kier molecular flexibility index (Phi) is 3.38. The Hall–Kier alpha value is -2.74. The third kappa shape index (κ3) is 2.50. The first-order valence-corrected chi connectivity index (χ1v) is 6.51. The molecule has 0 saturated carbocycles. The summed E-state index contributed by atoms with van der Waals surface area (Å²) in [7, 11) is 0. The fourth-order valence-electron chi connectivity index (χ4n) is 2.10. The molecule has 0 saturated heterocycles. The van der Waals surface area contributed by atoms with E-state index in [2.05, 4.69) is 12.1 Å². The standard InChI is InChI=1S/C18H15NO/c19-16-11-5-7-13-18(16)20-17-12-6-4-10-15(17)14-8-2-1-3-9-14/h1-13H,19H2. The number of nitrogens with two attached hydrogens (primary N) is 1. The first-order valence-electron chi connectivity index (χ1n) is 6.51. The van der Waals surface area contributed by atoms with Crippen molar-refractivity contribution >= 4 is 5.69 Å². The summed E-state index contributed by atoms with van der Waals surface area (Å²) < 4.78 is 5.97.